The number of aliphatic hydroxyl groups excluding tert-OH is 1. The lowest BCUT2D eigenvalue weighted by molar-refractivity contribution is -0.000936. The number of alkyl halides is 3. The van der Waals surface area contributed by atoms with Crippen molar-refractivity contribution >= 4 is 22.6 Å². The number of allylic oxidation sites excluding steroid dienone is 4. The third-order valence-electron chi connectivity index (χ3n) is 5.38. The number of hydrogen-bond donors (Lipinski definition) is 4. The summed E-state index contributed by atoms with van der Waals surface area (Å²) in [4.78, 5) is 29.6. The molecule has 170 valence electrons. The molecular weight excluding hydrogens is 429 g/mol. The fourth-order valence-electron chi connectivity index (χ4n) is 3.87. The number of aromatic nitrogens is 2. The van der Waals surface area contributed by atoms with Gasteiger partial charge in [0.05, 0.1) is 30.9 Å². The van der Waals surface area contributed by atoms with Crippen LogP contribution in [-0.2, 0) is 13.0 Å². The molecule has 1 amide bonds. The van der Waals surface area contributed by atoms with Crippen molar-refractivity contribution in [2.24, 2.45) is 0 Å². The highest BCUT2D eigenvalue weighted by atomic mass is 19.3. The van der Waals surface area contributed by atoms with Crippen molar-refractivity contribution in [3.63, 3.8) is 0 Å². The summed E-state index contributed by atoms with van der Waals surface area (Å²) in [5, 5.41) is 24.5. The third kappa shape index (κ3) is 3.95. The average Bonchev–Trinajstić information content (AvgIpc) is 2.90. The molecule has 2 aromatic rings. The molecule has 3 heterocycles. The number of amides is 1. The van der Waals surface area contributed by atoms with Crippen molar-refractivity contribution in [2.75, 3.05) is 25.0 Å². The second-order valence-electron chi connectivity index (χ2n) is 7.73. The molecule has 32 heavy (non-hydrogen) atoms. The van der Waals surface area contributed by atoms with Crippen molar-refractivity contribution in [1.82, 2.24) is 14.9 Å². The lowest BCUT2D eigenvalue weighted by Gasteiger charge is -2.18. The Morgan fingerprint density at radius 3 is 2.88 bits per heavy atom. The van der Waals surface area contributed by atoms with Crippen molar-refractivity contribution in [1.29, 1.82) is 0 Å². The van der Waals surface area contributed by atoms with Gasteiger partial charge in [-0.3, -0.25) is 19.1 Å². The molecule has 1 aliphatic carbocycles. The summed E-state index contributed by atoms with van der Waals surface area (Å²) in [5.41, 5.74) is -0.601. The van der Waals surface area contributed by atoms with Crippen LogP contribution in [0.25, 0.3) is 11.0 Å². The lowest BCUT2D eigenvalue weighted by atomic mass is 9.98. The largest absolute Gasteiger partial charge is 0.505 e. The predicted octanol–water partition coefficient (Wildman–Crippen LogP) is 1.65. The normalized spacial score (nSPS) is 19.2. The summed E-state index contributed by atoms with van der Waals surface area (Å²) in [6.07, 6.45) is 5.45. The molecule has 0 saturated carbocycles. The van der Waals surface area contributed by atoms with E-state index in [9.17, 15) is 27.9 Å². The summed E-state index contributed by atoms with van der Waals surface area (Å²) in [5.74, 6) is -5.05. The molecule has 0 fully saturated rings. The van der Waals surface area contributed by atoms with Crippen LogP contribution in [-0.4, -0.2) is 57.5 Å². The number of carbonyl (C=O) groups excluding carboxylic acids is 1. The number of halogens is 3. The van der Waals surface area contributed by atoms with E-state index in [1.165, 1.54) is 12.3 Å². The molecule has 0 saturated heterocycles. The summed E-state index contributed by atoms with van der Waals surface area (Å²) in [6.45, 7) is -2.38. The van der Waals surface area contributed by atoms with E-state index in [0.29, 0.717) is 5.56 Å². The zero-order chi connectivity index (χ0) is 23.0. The molecule has 2 aliphatic rings. The van der Waals surface area contributed by atoms with Gasteiger partial charge in [-0.1, -0.05) is 18.2 Å². The maximum Gasteiger partial charge on any atom is 0.282 e. The number of aliphatic hydroxyl groups is 1. The first-order valence-electron chi connectivity index (χ1n) is 10.0. The number of anilines is 1. The van der Waals surface area contributed by atoms with Crippen LogP contribution in [0.3, 0.4) is 0 Å². The molecular formula is C21H21F3N4O4. The second kappa shape index (κ2) is 8.30. The second-order valence-corrected chi connectivity index (χ2v) is 7.73. The Morgan fingerprint density at radius 1 is 1.41 bits per heavy atom. The molecule has 0 bridgehead atoms. The highest BCUT2D eigenvalue weighted by Gasteiger charge is 2.37. The highest BCUT2D eigenvalue weighted by molar-refractivity contribution is 6.04. The van der Waals surface area contributed by atoms with Crippen LogP contribution in [0, 0.1) is 0 Å². The fourth-order valence-corrected chi connectivity index (χ4v) is 3.87. The molecule has 0 spiro atoms. The van der Waals surface area contributed by atoms with Crippen LogP contribution < -0.4 is 16.2 Å². The molecule has 2 aromatic heterocycles. The van der Waals surface area contributed by atoms with Crippen LogP contribution in [0.5, 0.6) is 5.75 Å². The van der Waals surface area contributed by atoms with Gasteiger partial charge in [0.1, 0.15) is 17.3 Å². The monoisotopic (exact) mass is 450 g/mol. The Hall–Kier alpha value is -3.34. The molecule has 1 atom stereocenters. The quantitative estimate of drug-likeness (QED) is 0.551. The van der Waals surface area contributed by atoms with Crippen molar-refractivity contribution in [3.8, 4) is 5.75 Å². The van der Waals surface area contributed by atoms with E-state index in [2.05, 4.69) is 15.6 Å². The number of nitrogens with one attached hydrogen (secondary N) is 2. The maximum absolute atomic E-state index is 14.5. The zero-order valence-corrected chi connectivity index (χ0v) is 16.9. The van der Waals surface area contributed by atoms with Gasteiger partial charge < -0.3 is 20.8 Å². The van der Waals surface area contributed by atoms with E-state index >= 15 is 0 Å². The van der Waals surface area contributed by atoms with E-state index < -0.39 is 54.6 Å². The van der Waals surface area contributed by atoms with Gasteiger partial charge in [0, 0.05) is 31.1 Å². The van der Waals surface area contributed by atoms with E-state index in [0.717, 1.165) is 10.1 Å². The molecule has 0 aromatic carbocycles. The van der Waals surface area contributed by atoms with Gasteiger partial charge in [-0.15, -0.1) is 0 Å². The van der Waals surface area contributed by atoms with Crippen LogP contribution in [0.15, 0.2) is 34.8 Å². The molecule has 4 N–H and O–H groups in total. The van der Waals surface area contributed by atoms with Gasteiger partial charge in [-0.05, 0) is 5.57 Å². The van der Waals surface area contributed by atoms with E-state index in [-0.39, 0.29) is 36.1 Å². The molecule has 11 heteroatoms. The van der Waals surface area contributed by atoms with Crippen molar-refractivity contribution in [3.05, 3.63) is 51.5 Å². The predicted molar refractivity (Wildman–Crippen MR) is 111 cm³/mol. The van der Waals surface area contributed by atoms with E-state index in [4.69, 9.17) is 5.11 Å². The van der Waals surface area contributed by atoms with Gasteiger partial charge in [0.25, 0.3) is 17.4 Å². The maximum atomic E-state index is 14.5. The zero-order valence-electron chi connectivity index (χ0n) is 16.9. The first-order chi connectivity index (χ1) is 15.2. The number of nitrogens with zero attached hydrogens (tertiary/aromatic N) is 2. The summed E-state index contributed by atoms with van der Waals surface area (Å²) in [6, 6.07) is 0. The number of pyridine rings is 2. The Morgan fingerprint density at radius 2 is 2.19 bits per heavy atom. The third-order valence-corrected chi connectivity index (χ3v) is 5.38. The van der Waals surface area contributed by atoms with Crippen LogP contribution in [0.4, 0.5) is 18.9 Å². The lowest BCUT2D eigenvalue weighted by Crippen LogP contribution is -2.38. The topological polar surface area (TPSA) is 116 Å². The van der Waals surface area contributed by atoms with E-state index in [1.807, 2.05) is 0 Å². The number of carbonyl (C=O) groups is 1. The SMILES string of the molecule is O=C(NCCO)c1c(O)c2ncc(CC3=CCC(F)C=C3)c3c2n(c1=O)CC(F)(F)CN3. The van der Waals surface area contributed by atoms with Crippen LogP contribution >= 0.6 is 0 Å². The number of aromatic hydroxyl groups is 1. The highest BCUT2D eigenvalue weighted by Crippen LogP contribution is 2.36. The van der Waals surface area contributed by atoms with Gasteiger partial charge in [0.2, 0.25) is 0 Å². The summed E-state index contributed by atoms with van der Waals surface area (Å²) < 4.78 is 43.1. The minimum absolute atomic E-state index is 0.0374. The molecule has 1 aliphatic heterocycles. The Kier molecular flexibility index (Phi) is 5.68. The summed E-state index contributed by atoms with van der Waals surface area (Å²) in [7, 11) is 0. The van der Waals surface area contributed by atoms with Gasteiger partial charge in [-0.25, -0.2) is 13.2 Å². The Balaban J connectivity index is 1.91. The first kappa shape index (κ1) is 21.9. The molecule has 1 unspecified atom stereocenters. The smallest absolute Gasteiger partial charge is 0.282 e. The molecule has 4 rings (SSSR count). The van der Waals surface area contributed by atoms with Crippen molar-refractivity contribution in [2.45, 2.75) is 31.5 Å². The first-order valence-corrected chi connectivity index (χ1v) is 10.0. The Labute approximate surface area is 180 Å². The standard InChI is InChI=1S/C21H21F3N4O4/c22-13-3-1-11(2-4-13)7-12-8-26-16-17-15(12)27-9-21(23,24)10-28(17)20(32)14(18(16)30)19(31)25-5-6-29/h1-3,8,13,27,29-30H,4-7,9-10H2,(H,25,31). The van der Waals surface area contributed by atoms with Crippen LogP contribution in [0.2, 0.25) is 0 Å². The fraction of sp³-hybridized carbons (Fsp3) is 0.381. The van der Waals surface area contributed by atoms with Gasteiger partial charge in [0.15, 0.2) is 5.75 Å². The number of hydrogen-bond acceptors (Lipinski definition) is 6. The average molecular weight is 450 g/mol. The van der Waals surface area contributed by atoms with Crippen molar-refractivity contribution < 1.29 is 28.2 Å². The number of rotatable bonds is 5. The van der Waals surface area contributed by atoms with Gasteiger partial charge in [-0.2, -0.15) is 0 Å². The minimum Gasteiger partial charge on any atom is -0.505 e. The molecule has 0 radical (unpaired) electrons. The minimum atomic E-state index is -3.33. The molecule has 8 nitrogen and oxygen atoms in total. The Bertz CT molecular complexity index is 1210. The summed E-state index contributed by atoms with van der Waals surface area (Å²) >= 11 is 0. The van der Waals surface area contributed by atoms with E-state index in [1.54, 1.807) is 12.2 Å². The van der Waals surface area contributed by atoms with Gasteiger partial charge >= 0.3 is 0 Å². The van der Waals surface area contributed by atoms with Crippen LogP contribution in [0.1, 0.15) is 22.3 Å².